The molecule has 0 bridgehead atoms. The molecular formula is C13H8ClNO2S. The Bertz CT molecular complexity index is 731. The van der Waals surface area contributed by atoms with Crippen molar-refractivity contribution >= 4 is 39.6 Å². The van der Waals surface area contributed by atoms with Gasteiger partial charge < -0.3 is 10.1 Å². The van der Waals surface area contributed by atoms with Gasteiger partial charge >= 0.3 is 0 Å². The number of aromatic nitrogens is 1. The van der Waals surface area contributed by atoms with Gasteiger partial charge in [0.25, 0.3) is 0 Å². The summed E-state index contributed by atoms with van der Waals surface area (Å²) in [4.78, 5) is 15.7. The Balaban J connectivity index is 2.25. The molecule has 1 aromatic carbocycles. The summed E-state index contributed by atoms with van der Waals surface area (Å²) in [7, 11) is 0. The van der Waals surface area contributed by atoms with Crippen molar-refractivity contribution < 1.29 is 9.90 Å². The minimum atomic E-state index is -0.198. The lowest BCUT2D eigenvalue weighted by atomic mass is 10.1. The number of fused-ring (bicyclic) bond motifs is 1. The number of carbonyl (C=O) groups is 1. The van der Waals surface area contributed by atoms with Gasteiger partial charge in [-0.25, -0.2) is 0 Å². The fourth-order valence-electron chi connectivity index (χ4n) is 1.91. The van der Waals surface area contributed by atoms with Crippen LogP contribution in [0.3, 0.4) is 0 Å². The van der Waals surface area contributed by atoms with Gasteiger partial charge in [-0.1, -0.05) is 17.7 Å². The molecule has 18 heavy (non-hydrogen) atoms. The van der Waals surface area contributed by atoms with Gasteiger partial charge in [0.05, 0.1) is 10.4 Å². The Morgan fingerprint density at radius 3 is 2.89 bits per heavy atom. The number of hydrogen-bond donors (Lipinski definition) is 2. The highest BCUT2D eigenvalue weighted by Gasteiger charge is 2.20. The van der Waals surface area contributed by atoms with Crippen molar-refractivity contribution in [3.8, 4) is 5.88 Å². The number of hydrogen-bond acceptors (Lipinski definition) is 3. The molecule has 0 radical (unpaired) electrons. The molecule has 5 heteroatoms. The standard InChI is InChI=1S/C13H8ClNO2S/c14-7-3-4-9-8(6-7)11(13(17)15-9)12(16)10-2-1-5-18-10/h1-6,15,17H. The van der Waals surface area contributed by atoms with Crippen LogP contribution < -0.4 is 0 Å². The van der Waals surface area contributed by atoms with Crippen LogP contribution in [0.15, 0.2) is 35.7 Å². The normalized spacial score (nSPS) is 10.9. The molecule has 0 saturated carbocycles. The Morgan fingerprint density at radius 1 is 1.33 bits per heavy atom. The van der Waals surface area contributed by atoms with E-state index >= 15 is 0 Å². The van der Waals surface area contributed by atoms with Crippen molar-refractivity contribution in [1.82, 2.24) is 4.98 Å². The van der Waals surface area contributed by atoms with E-state index in [2.05, 4.69) is 4.98 Å². The molecule has 0 saturated heterocycles. The number of thiophene rings is 1. The van der Waals surface area contributed by atoms with Gasteiger partial charge in [-0.05, 0) is 29.6 Å². The lowest BCUT2D eigenvalue weighted by Gasteiger charge is -1.97. The average Bonchev–Trinajstić information content (AvgIpc) is 2.94. The first-order chi connectivity index (χ1) is 8.66. The predicted octanol–water partition coefficient (Wildman–Crippen LogP) is 3.82. The van der Waals surface area contributed by atoms with Gasteiger partial charge in [-0.3, -0.25) is 4.79 Å². The van der Waals surface area contributed by atoms with E-state index in [1.807, 2.05) is 5.38 Å². The molecule has 2 heterocycles. The molecule has 0 spiro atoms. The zero-order valence-corrected chi connectivity index (χ0v) is 10.7. The monoisotopic (exact) mass is 277 g/mol. The van der Waals surface area contributed by atoms with Crippen LogP contribution in [0, 0.1) is 0 Å². The maximum atomic E-state index is 12.3. The van der Waals surface area contributed by atoms with Crippen LogP contribution in [0.5, 0.6) is 5.88 Å². The second-order valence-corrected chi connectivity index (χ2v) is 5.23. The summed E-state index contributed by atoms with van der Waals surface area (Å²) >= 11 is 7.27. The van der Waals surface area contributed by atoms with Crippen LogP contribution >= 0.6 is 22.9 Å². The molecule has 0 aliphatic carbocycles. The van der Waals surface area contributed by atoms with Gasteiger partial charge in [0.15, 0.2) is 0 Å². The topological polar surface area (TPSA) is 53.1 Å². The summed E-state index contributed by atoms with van der Waals surface area (Å²) < 4.78 is 0. The van der Waals surface area contributed by atoms with E-state index in [1.165, 1.54) is 11.3 Å². The second kappa shape index (κ2) is 4.15. The molecule has 0 atom stereocenters. The van der Waals surface area contributed by atoms with Crippen LogP contribution in [-0.4, -0.2) is 15.9 Å². The average molecular weight is 278 g/mol. The number of rotatable bonds is 2. The van der Waals surface area contributed by atoms with Crippen molar-refractivity contribution in [2.24, 2.45) is 0 Å². The maximum absolute atomic E-state index is 12.3. The zero-order valence-electron chi connectivity index (χ0n) is 9.11. The fourth-order valence-corrected chi connectivity index (χ4v) is 2.75. The number of nitrogens with one attached hydrogen (secondary N) is 1. The molecule has 0 fully saturated rings. The predicted molar refractivity (Wildman–Crippen MR) is 72.7 cm³/mol. The third-order valence-electron chi connectivity index (χ3n) is 2.71. The lowest BCUT2D eigenvalue weighted by Crippen LogP contribution is -1.97. The Kier molecular flexibility index (Phi) is 2.61. The Labute approximate surface area is 112 Å². The van der Waals surface area contributed by atoms with Crippen molar-refractivity contribution in [3.63, 3.8) is 0 Å². The number of aromatic hydroxyl groups is 1. The van der Waals surface area contributed by atoms with Crippen LogP contribution in [0.25, 0.3) is 10.9 Å². The van der Waals surface area contributed by atoms with Crippen molar-refractivity contribution in [1.29, 1.82) is 0 Å². The van der Waals surface area contributed by atoms with Crippen LogP contribution in [0.2, 0.25) is 5.02 Å². The maximum Gasteiger partial charge on any atom is 0.208 e. The van der Waals surface area contributed by atoms with E-state index in [4.69, 9.17) is 11.6 Å². The van der Waals surface area contributed by atoms with Crippen LogP contribution in [0.1, 0.15) is 15.2 Å². The molecule has 3 aromatic rings. The number of carbonyl (C=O) groups excluding carboxylic acids is 1. The smallest absolute Gasteiger partial charge is 0.208 e. The Hall–Kier alpha value is -1.78. The van der Waals surface area contributed by atoms with E-state index in [0.717, 1.165) is 0 Å². The SMILES string of the molecule is O=C(c1cccs1)c1c(O)[nH]c2ccc(Cl)cc12. The van der Waals surface area contributed by atoms with Gasteiger partial charge in [-0.2, -0.15) is 0 Å². The highest BCUT2D eigenvalue weighted by molar-refractivity contribution is 7.12. The number of halogens is 1. The largest absolute Gasteiger partial charge is 0.494 e. The Morgan fingerprint density at radius 2 is 2.17 bits per heavy atom. The van der Waals surface area contributed by atoms with Crippen LogP contribution in [0.4, 0.5) is 0 Å². The van der Waals surface area contributed by atoms with Gasteiger partial charge in [0.2, 0.25) is 11.7 Å². The molecule has 3 rings (SSSR count). The first-order valence-corrected chi connectivity index (χ1v) is 6.51. The summed E-state index contributed by atoms with van der Waals surface area (Å²) in [5, 5.41) is 12.9. The van der Waals surface area contributed by atoms with Gasteiger partial charge in [-0.15, -0.1) is 11.3 Å². The quantitative estimate of drug-likeness (QED) is 0.700. The number of benzene rings is 1. The van der Waals surface area contributed by atoms with E-state index in [0.29, 0.717) is 20.8 Å². The van der Waals surface area contributed by atoms with Crippen molar-refractivity contribution in [2.75, 3.05) is 0 Å². The molecule has 0 aliphatic rings. The summed E-state index contributed by atoms with van der Waals surface area (Å²) in [6.45, 7) is 0. The minimum Gasteiger partial charge on any atom is -0.494 e. The molecule has 2 aromatic heterocycles. The molecule has 3 nitrogen and oxygen atoms in total. The third-order valence-corrected chi connectivity index (χ3v) is 3.82. The highest BCUT2D eigenvalue weighted by Crippen LogP contribution is 2.32. The second-order valence-electron chi connectivity index (χ2n) is 3.84. The van der Waals surface area contributed by atoms with Crippen molar-refractivity contribution in [2.45, 2.75) is 0 Å². The molecule has 2 N–H and O–H groups in total. The lowest BCUT2D eigenvalue weighted by molar-refractivity contribution is 0.104. The van der Waals surface area contributed by atoms with Crippen molar-refractivity contribution in [3.05, 3.63) is 51.2 Å². The summed E-state index contributed by atoms with van der Waals surface area (Å²) in [6, 6.07) is 8.66. The first kappa shape index (κ1) is 11.3. The molecule has 0 amide bonds. The van der Waals surface area contributed by atoms with E-state index < -0.39 is 0 Å². The molecule has 0 aliphatic heterocycles. The number of aromatic amines is 1. The van der Waals surface area contributed by atoms with Gasteiger partial charge in [0, 0.05) is 15.9 Å². The zero-order chi connectivity index (χ0) is 12.7. The summed E-state index contributed by atoms with van der Waals surface area (Å²) in [6.07, 6.45) is 0. The minimum absolute atomic E-state index is 0.120. The molecular weight excluding hydrogens is 270 g/mol. The van der Waals surface area contributed by atoms with E-state index in [-0.39, 0.29) is 17.2 Å². The number of H-pyrrole nitrogens is 1. The summed E-state index contributed by atoms with van der Waals surface area (Å²) in [5.74, 6) is -0.318. The van der Waals surface area contributed by atoms with Gasteiger partial charge in [0.1, 0.15) is 0 Å². The molecule has 90 valence electrons. The highest BCUT2D eigenvalue weighted by atomic mass is 35.5. The first-order valence-electron chi connectivity index (χ1n) is 5.25. The number of ketones is 1. The van der Waals surface area contributed by atoms with E-state index in [1.54, 1.807) is 30.3 Å². The fraction of sp³-hybridized carbons (Fsp3) is 0. The third kappa shape index (κ3) is 1.70. The summed E-state index contributed by atoms with van der Waals surface area (Å²) in [5.41, 5.74) is 0.965. The van der Waals surface area contributed by atoms with Crippen LogP contribution in [-0.2, 0) is 0 Å². The molecule has 0 unspecified atom stereocenters. The van der Waals surface area contributed by atoms with E-state index in [9.17, 15) is 9.90 Å².